The van der Waals surface area contributed by atoms with Gasteiger partial charge in [-0.1, -0.05) is 15.9 Å². The molecule has 0 amide bonds. The first-order chi connectivity index (χ1) is 4.66. The predicted octanol–water partition coefficient (Wildman–Crippen LogP) is 1.30. The summed E-state index contributed by atoms with van der Waals surface area (Å²) in [7, 11) is -1.37. The van der Waals surface area contributed by atoms with Gasteiger partial charge in [0, 0.05) is 5.88 Å². The van der Waals surface area contributed by atoms with E-state index in [4.69, 9.17) is 21.6 Å². The molecule has 5 heteroatoms. The van der Waals surface area contributed by atoms with Crippen LogP contribution in [0.5, 0.6) is 0 Å². The highest BCUT2D eigenvalue weighted by atomic mass is 79.9. The molecule has 2 N–H and O–H groups in total. The molecule has 58 valence electrons. The third-order valence-electron chi connectivity index (χ3n) is 0.879. The molecule has 0 aliphatic carbocycles. The lowest BCUT2D eigenvalue weighted by atomic mass is 9.91. The molecule has 0 radical (unpaired) electrons. The maximum Gasteiger partial charge on any atom is 0.481 e. The Hall–Kier alpha value is 0.495. The number of hydrogen-bond donors (Lipinski definition) is 2. The van der Waals surface area contributed by atoms with Crippen molar-refractivity contribution in [3.8, 4) is 0 Å². The van der Waals surface area contributed by atoms with Gasteiger partial charge in [0.15, 0.2) is 0 Å². The van der Waals surface area contributed by atoms with Gasteiger partial charge in [-0.25, -0.2) is 0 Å². The van der Waals surface area contributed by atoms with Crippen LogP contribution in [0.2, 0.25) is 0 Å². The molecule has 0 heterocycles. The van der Waals surface area contributed by atoms with Crippen LogP contribution in [0.4, 0.5) is 0 Å². The van der Waals surface area contributed by atoms with E-state index in [2.05, 4.69) is 15.9 Å². The molecule has 0 saturated carbocycles. The number of alkyl halides is 1. The van der Waals surface area contributed by atoms with Crippen LogP contribution in [-0.2, 0) is 0 Å². The third kappa shape index (κ3) is 6.61. The lowest BCUT2D eigenvalue weighted by Gasteiger charge is -1.95. The summed E-state index contributed by atoms with van der Waals surface area (Å²) in [5.41, 5.74) is 0. The summed E-state index contributed by atoms with van der Waals surface area (Å²) in [6, 6.07) is 0. The molecule has 2 nitrogen and oxygen atoms in total. The van der Waals surface area contributed by atoms with Crippen molar-refractivity contribution in [2.45, 2.75) is 12.8 Å². The molecule has 0 fully saturated rings. The van der Waals surface area contributed by atoms with E-state index in [-0.39, 0.29) is 0 Å². The number of halogens is 2. The quantitative estimate of drug-likeness (QED) is 0.561. The van der Waals surface area contributed by atoms with E-state index >= 15 is 0 Å². The first kappa shape index (κ1) is 10.5. The van der Waals surface area contributed by atoms with Crippen molar-refractivity contribution in [2.24, 2.45) is 0 Å². The SMILES string of the molecule is OB(O)/C=C(\Br)CCCCl. The van der Waals surface area contributed by atoms with Crippen molar-refractivity contribution < 1.29 is 10.0 Å². The van der Waals surface area contributed by atoms with Crippen molar-refractivity contribution in [1.82, 2.24) is 0 Å². The van der Waals surface area contributed by atoms with Gasteiger partial charge in [0.05, 0.1) is 0 Å². The molecule has 0 spiro atoms. The molecule has 0 aliphatic rings. The lowest BCUT2D eigenvalue weighted by Crippen LogP contribution is -2.06. The fraction of sp³-hybridized carbons (Fsp3) is 0.600. The summed E-state index contributed by atoms with van der Waals surface area (Å²) in [6.45, 7) is 0. The van der Waals surface area contributed by atoms with Crippen LogP contribution >= 0.6 is 27.5 Å². The average molecular weight is 227 g/mol. The van der Waals surface area contributed by atoms with Gasteiger partial charge in [-0.3, -0.25) is 0 Å². The fourth-order valence-corrected chi connectivity index (χ4v) is 1.13. The molecule has 0 unspecified atom stereocenters. The molecule has 0 aromatic rings. The van der Waals surface area contributed by atoms with Crippen LogP contribution in [0.25, 0.3) is 0 Å². The maximum atomic E-state index is 8.44. The minimum Gasteiger partial charge on any atom is -0.424 e. The van der Waals surface area contributed by atoms with Crippen molar-refractivity contribution >= 4 is 34.6 Å². The van der Waals surface area contributed by atoms with Crippen molar-refractivity contribution in [3.05, 3.63) is 10.5 Å². The monoisotopic (exact) mass is 226 g/mol. The highest BCUT2D eigenvalue weighted by molar-refractivity contribution is 9.11. The Kier molecular flexibility index (Phi) is 6.53. The summed E-state index contributed by atoms with van der Waals surface area (Å²) in [4.78, 5) is 0. The lowest BCUT2D eigenvalue weighted by molar-refractivity contribution is 0.424. The highest BCUT2D eigenvalue weighted by Gasteiger charge is 2.02. The standard InChI is InChI=1S/C5H9BBrClO2/c7-5(2-1-3-8)4-6(9)10/h4,9-10H,1-3H2/b5-4-. The molecule has 0 aliphatic heterocycles. The van der Waals surface area contributed by atoms with E-state index in [1.807, 2.05) is 0 Å². The highest BCUT2D eigenvalue weighted by Crippen LogP contribution is 2.12. The number of hydrogen-bond acceptors (Lipinski definition) is 2. The van der Waals surface area contributed by atoms with Crippen LogP contribution in [0.3, 0.4) is 0 Å². The summed E-state index contributed by atoms with van der Waals surface area (Å²) >= 11 is 8.57. The van der Waals surface area contributed by atoms with E-state index in [1.54, 1.807) is 0 Å². The smallest absolute Gasteiger partial charge is 0.424 e. The second kappa shape index (κ2) is 6.22. The summed E-state index contributed by atoms with van der Waals surface area (Å²) < 4.78 is 0.781. The fourth-order valence-electron chi connectivity index (χ4n) is 0.481. The van der Waals surface area contributed by atoms with Crippen LogP contribution < -0.4 is 0 Å². The minimum absolute atomic E-state index is 0.588. The Bertz CT molecular complexity index is 118. The van der Waals surface area contributed by atoms with E-state index in [9.17, 15) is 0 Å². The zero-order valence-corrected chi connectivity index (χ0v) is 7.77. The van der Waals surface area contributed by atoms with Gasteiger partial charge < -0.3 is 10.0 Å². The third-order valence-corrected chi connectivity index (χ3v) is 1.81. The zero-order chi connectivity index (χ0) is 7.98. The van der Waals surface area contributed by atoms with Gasteiger partial charge in [-0.15, -0.1) is 11.6 Å². The Labute approximate surface area is 74.2 Å². The van der Waals surface area contributed by atoms with Crippen LogP contribution in [0.1, 0.15) is 12.8 Å². The van der Waals surface area contributed by atoms with Gasteiger partial charge >= 0.3 is 7.12 Å². The second-order valence-electron chi connectivity index (χ2n) is 1.82. The van der Waals surface area contributed by atoms with Crippen molar-refractivity contribution in [3.63, 3.8) is 0 Å². The van der Waals surface area contributed by atoms with E-state index in [1.165, 1.54) is 5.98 Å². The minimum atomic E-state index is -1.37. The Morgan fingerprint density at radius 2 is 2.20 bits per heavy atom. The molecule has 10 heavy (non-hydrogen) atoms. The Morgan fingerprint density at radius 1 is 1.60 bits per heavy atom. The largest absolute Gasteiger partial charge is 0.481 e. The molecule has 0 rings (SSSR count). The maximum absolute atomic E-state index is 8.44. The van der Waals surface area contributed by atoms with Gasteiger partial charge in [0.2, 0.25) is 0 Å². The van der Waals surface area contributed by atoms with Gasteiger partial charge in [0.25, 0.3) is 0 Å². The normalized spacial score (nSPS) is 11.8. The first-order valence-corrected chi connectivity index (χ1v) is 4.28. The van der Waals surface area contributed by atoms with Crippen LogP contribution in [-0.4, -0.2) is 23.0 Å². The van der Waals surface area contributed by atoms with E-state index in [0.717, 1.165) is 17.3 Å². The Morgan fingerprint density at radius 3 is 2.60 bits per heavy atom. The molecule has 0 atom stereocenters. The molecule has 0 aromatic heterocycles. The summed E-state index contributed by atoms with van der Waals surface area (Å²) in [5.74, 6) is 1.91. The van der Waals surface area contributed by atoms with E-state index in [0.29, 0.717) is 5.88 Å². The van der Waals surface area contributed by atoms with Crippen molar-refractivity contribution in [1.29, 1.82) is 0 Å². The molecular formula is C5H9BBrClO2. The topological polar surface area (TPSA) is 40.5 Å². The second-order valence-corrected chi connectivity index (χ2v) is 3.22. The van der Waals surface area contributed by atoms with Crippen molar-refractivity contribution in [2.75, 3.05) is 5.88 Å². The molecule has 0 saturated heterocycles. The Balaban J connectivity index is 3.49. The summed E-state index contributed by atoms with van der Waals surface area (Å²) in [5, 5.41) is 16.9. The molecule has 0 bridgehead atoms. The first-order valence-electron chi connectivity index (χ1n) is 2.95. The average Bonchev–Trinajstić information content (AvgIpc) is 1.82. The van der Waals surface area contributed by atoms with Crippen LogP contribution in [0.15, 0.2) is 10.5 Å². The zero-order valence-electron chi connectivity index (χ0n) is 5.43. The predicted molar refractivity (Wildman–Crippen MR) is 47.2 cm³/mol. The van der Waals surface area contributed by atoms with E-state index < -0.39 is 7.12 Å². The number of rotatable bonds is 4. The van der Waals surface area contributed by atoms with Gasteiger partial charge in [-0.2, -0.15) is 0 Å². The number of allylic oxidation sites excluding steroid dienone is 1. The summed E-state index contributed by atoms with van der Waals surface area (Å²) in [6.07, 6.45) is 1.59. The molecule has 0 aromatic carbocycles. The molecular weight excluding hydrogens is 218 g/mol. The van der Waals surface area contributed by atoms with Gasteiger partial charge in [0.1, 0.15) is 0 Å². The van der Waals surface area contributed by atoms with Crippen LogP contribution in [0, 0.1) is 0 Å². The van der Waals surface area contributed by atoms with Gasteiger partial charge in [-0.05, 0) is 23.3 Å².